The fraction of sp³-hybridized carbons (Fsp3) is 0.500. The van der Waals surface area contributed by atoms with Crippen molar-refractivity contribution in [1.82, 2.24) is 0 Å². The van der Waals surface area contributed by atoms with Crippen LogP contribution in [0.25, 0.3) is 0 Å². The third-order valence-corrected chi connectivity index (χ3v) is 2.60. The average Bonchev–Trinajstić information content (AvgIpc) is 2.28. The number of hydrogen-bond acceptors (Lipinski definition) is 2. The molecule has 0 radical (unpaired) electrons. The van der Waals surface area contributed by atoms with Gasteiger partial charge in [-0.2, -0.15) is 0 Å². The van der Waals surface area contributed by atoms with Crippen LogP contribution in [-0.4, -0.2) is 11.7 Å². The lowest BCUT2D eigenvalue weighted by molar-refractivity contribution is -0.0515. The smallest absolute Gasteiger partial charge is 0.275 e. The van der Waals surface area contributed by atoms with Crippen molar-refractivity contribution in [2.75, 3.05) is 6.54 Å². The lowest BCUT2D eigenvalue weighted by Crippen LogP contribution is -2.21. The molecule has 0 aromatic heterocycles. The minimum absolute atomic E-state index is 0.0245. The van der Waals surface area contributed by atoms with Crippen molar-refractivity contribution in [3.8, 4) is 0 Å². The highest BCUT2D eigenvalue weighted by atomic mass is 19.3. The number of halogens is 2. The highest BCUT2D eigenvalue weighted by Gasteiger charge is 2.35. The molecule has 0 amide bonds. The van der Waals surface area contributed by atoms with Gasteiger partial charge in [-0.3, -0.25) is 0 Å². The summed E-state index contributed by atoms with van der Waals surface area (Å²) in [6, 6.07) is 5.79. The van der Waals surface area contributed by atoms with Crippen LogP contribution in [-0.2, 0) is 5.92 Å². The highest BCUT2D eigenvalue weighted by Crippen LogP contribution is 2.36. The second-order valence-corrected chi connectivity index (χ2v) is 4.15. The first-order chi connectivity index (χ1) is 7.39. The first-order valence-electron chi connectivity index (χ1n) is 5.26. The van der Waals surface area contributed by atoms with E-state index in [0.29, 0.717) is 5.56 Å². The van der Waals surface area contributed by atoms with Crippen molar-refractivity contribution in [2.24, 2.45) is 11.7 Å². The van der Waals surface area contributed by atoms with Crippen molar-refractivity contribution in [3.05, 3.63) is 35.4 Å². The van der Waals surface area contributed by atoms with Crippen LogP contribution in [0.2, 0.25) is 0 Å². The summed E-state index contributed by atoms with van der Waals surface area (Å²) in [6.45, 7) is 2.95. The largest absolute Gasteiger partial charge is 0.387 e. The number of aliphatic hydroxyl groups excluding tert-OH is 1. The second-order valence-electron chi connectivity index (χ2n) is 4.15. The number of hydrogen-bond donors (Lipinski definition) is 2. The molecule has 1 rings (SSSR count). The van der Waals surface area contributed by atoms with Crippen LogP contribution >= 0.6 is 0 Å². The molecular weight excluding hydrogens is 212 g/mol. The van der Waals surface area contributed by atoms with Crippen molar-refractivity contribution in [2.45, 2.75) is 25.9 Å². The van der Waals surface area contributed by atoms with E-state index >= 15 is 0 Å². The zero-order chi connectivity index (χ0) is 12.3. The highest BCUT2D eigenvalue weighted by molar-refractivity contribution is 5.28. The van der Waals surface area contributed by atoms with E-state index in [2.05, 4.69) is 0 Å². The van der Waals surface area contributed by atoms with Gasteiger partial charge in [0.25, 0.3) is 5.92 Å². The van der Waals surface area contributed by atoms with Gasteiger partial charge in [0.1, 0.15) is 0 Å². The number of alkyl halides is 2. The van der Waals surface area contributed by atoms with E-state index in [1.807, 2.05) is 0 Å². The monoisotopic (exact) mass is 229 g/mol. The predicted octanol–water partition coefficient (Wildman–Crippen LogP) is 2.43. The molecular formula is C12H17F2NO. The van der Waals surface area contributed by atoms with Gasteiger partial charge in [0, 0.05) is 18.0 Å². The third kappa shape index (κ3) is 2.57. The molecule has 1 atom stereocenters. The summed E-state index contributed by atoms with van der Waals surface area (Å²) < 4.78 is 27.4. The molecule has 4 heteroatoms. The fourth-order valence-corrected chi connectivity index (χ4v) is 1.42. The molecule has 0 aliphatic rings. The molecule has 3 N–H and O–H groups in total. The topological polar surface area (TPSA) is 46.2 Å². The van der Waals surface area contributed by atoms with E-state index < -0.39 is 17.9 Å². The Kier molecular flexibility index (Phi) is 3.99. The normalized spacial score (nSPS) is 14.2. The van der Waals surface area contributed by atoms with Crippen molar-refractivity contribution in [1.29, 1.82) is 0 Å². The van der Waals surface area contributed by atoms with Crippen molar-refractivity contribution >= 4 is 0 Å². The minimum atomic E-state index is -2.88. The van der Waals surface area contributed by atoms with Crippen LogP contribution in [0.4, 0.5) is 8.78 Å². The Morgan fingerprint density at radius 3 is 2.50 bits per heavy atom. The van der Waals surface area contributed by atoms with Gasteiger partial charge in [-0.15, -0.1) is 0 Å². The molecule has 0 fully saturated rings. The van der Waals surface area contributed by atoms with E-state index in [-0.39, 0.29) is 12.1 Å². The Bertz CT molecular complexity index is 353. The number of aliphatic hydroxyl groups is 1. The van der Waals surface area contributed by atoms with Gasteiger partial charge in [-0.05, 0) is 11.6 Å². The lowest BCUT2D eigenvalue weighted by atomic mass is 9.95. The Balaban J connectivity index is 3.07. The maximum absolute atomic E-state index is 13.7. The molecule has 1 aromatic rings. The van der Waals surface area contributed by atoms with Crippen LogP contribution in [0.1, 0.15) is 31.1 Å². The summed E-state index contributed by atoms with van der Waals surface area (Å²) in [4.78, 5) is 0. The lowest BCUT2D eigenvalue weighted by Gasteiger charge is -2.22. The molecule has 0 saturated carbocycles. The van der Waals surface area contributed by atoms with Gasteiger partial charge in [-0.25, -0.2) is 8.78 Å². The van der Waals surface area contributed by atoms with Crippen molar-refractivity contribution in [3.63, 3.8) is 0 Å². The van der Waals surface area contributed by atoms with Gasteiger partial charge < -0.3 is 10.8 Å². The van der Waals surface area contributed by atoms with Crippen LogP contribution in [0, 0.1) is 5.92 Å². The average molecular weight is 229 g/mol. The standard InChI is InChI=1S/C12H17F2NO/c1-8(2)12(13,14)10-5-3-4-9(6-10)11(16)7-15/h3-6,8,11,16H,7,15H2,1-2H3. The van der Waals surface area contributed by atoms with E-state index in [0.717, 1.165) is 0 Å². The summed E-state index contributed by atoms with van der Waals surface area (Å²) in [5.41, 5.74) is 5.64. The first-order valence-corrected chi connectivity index (χ1v) is 5.26. The predicted molar refractivity (Wildman–Crippen MR) is 59.2 cm³/mol. The van der Waals surface area contributed by atoms with E-state index in [9.17, 15) is 13.9 Å². The molecule has 0 spiro atoms. The molecule has 1 unspecified atom stereocenters. The molecule has 0 aliphatic carbocycles. The zero-order valence-corrected chi connectivity index (χ0v) is 9.45. The number of benzene rings is 1. The fourth-order valence-electron chi connectivity index (χ4n) is 1.42. The summed E-state index contributed by atoms with van der Waals surface area (Å²) in [6.07, 6.45) is -0.886. The second kappa shape index (κ2) is 4.89. The van der Waals surface area contributed by atoms with Gasteiger partial charge in [0.2, 0.25) is 0 Å². The summed E-state index contributed by atoms with van der Waals surface area (Å²) in [7, 11) is 0. The summed E-state index contributed by atoms with van der Waals surface area (Å²) >= 11 is 0. The number of nitrogens with two attached hydrogens (primary N) is 1. The molecule has 0 aliphatic heterocycles. The Morgan fingerprint density at radius 1 is 1.38 bits per heavy atom. The van der Waals surface area contributed by atoms with Crippen LogP contribution in [0.15, 0.2) is 24.3 Å². The summed E-state index contributed by atoms with van der Waals surface area (Å²) in [5.74, 6) is -3.66. The number of rotatable bonds is 4. The molecule has 90 valence electrons. The third-order valence-electron chi connectivity index (χ3n) is 2.60. The maximum Gasteiger partial charge on any atom is 0.275 e. The van der Waals surface area contributed by atoms with Crippen LogP contribution < -0.4 is 5.73 Å². The Hall–Kier alpha value is -1.00. The zero-order valence-electron chi connectivity index (χ0n) is 9.45. The van der Waals surface area contributed by atoms with E-state index in [1.54, 1.807) is 6.07 Å². The van der Waals surface area contributed by atoms with Crippen LogP contribution in [0.3, 0.4) is 0 Å². The molecule has 0 heterocycles. The quantitative estimate of drug-likeness (QED) is 0.833. The van der Waals surface area contributed by atoms with Gasteiger partial charge in [-0.1, -0.05) is 32.0 Å². The minimum Gasteiger partial charge on any atom is -0.387 e. The van der Waals surface area contributed by atoms with E-state index in [1.165, 1.54) is 32.0 Å². The Labute approximate surface area is 94.1 Å². The maximum atomic E-state index is 13.7. The molecule has 0 saturated heterocycles. The van der Waals surface area contributed by atoms with Crippen LogP contribution in [0.5, 0.6) is 0 Å². The molecule has 0 bridgehead atoms. The summed E-state index contributed by atoms with van der Waals surface area (Å²) in [5, 5.41) is 9.49. The Morgan fingerprint density at radius 2 is 2.00 bits per heavy atom. The first kappa shape index (κ1) is 13.1. The van der Waals surface area contributed by atoms with Gasteiger partial charge >= 0.3 is 0 Å². The molecule has 2 nitrogen and oxygen atoms in total. The SMILES string of the molecule is CC(C)C(F)(F)c1cccc(C(O)CN)c1. The van der Waals surface area contributed by atoms with E-state index in [4.69, 9.17) is 5.73 Å². The molecule has 16 heavy (non-hydrogen) atoms. The van der Waals surface area contributed by atoms with Gasteiger partial charge in [0.05, 0.1) is 6.10 Å². The molecule has 1 aromatic carbocycles. The van der Waals surface area contributed by atoms with Gasteiger partial charge in [0.15, 0.2) is 0 Å². The van der Waals surface area contributed by atoms with Crippen molar-refractivity contribution < 1.29 is 13.9 Å².